The Hall–Kier alpha value is -3.06. The summed E-state index contributed by atoms with van der Waals surface area (Å²) in [7, 11) is 3.03. The lowest BCUT2D eigenvalue weighted by atomic mass is 10.1. The predicted octanol–water partition coefficient (Wildman–Crippen LogP) is 3.80. The first kappa shape index (κ1) is 16.8. The Kier molecular flexibility index (Phi) is 4.85. The first-order valence-electron chi connectivity index (χ1n) is 7.53. The van der Waals surface area contributed by atoms with Gasteiger partial charge in [-0.2, -0.15) is 0 Å². The number of nitrogens with zero attached hydrogens (tertiary/aromatic N) is 1. The van der Waals surface area contributed by atoms with Gasteiger partial charge in [0.05, 0.1) is 19.8 Å². The zero-order chi connectivity index (χ0) is 17.8. The molecule has 2 aromatic carbocycles. The lowest BCUT2D eigenvalue weighted by molar-refractivity contribution is 0.102. The molecule has 0 spiro atoms. The first-order valence-corrected chi connectivity index (χ1v) is 7.93. The standard InChI is InChI=1S/C18H17N3O3S/c1-23-15-8-4-7-14(16(15)24-2)17(22)20-12-5-3-6-13(11-12)21-10-9-19-18(21)25/h3-11H,1-2H3,(H,19,25)(H,20,22). The molecule has 0 aliphatic heterocycles. The zero-order valence-corrected chi connectivity index (χ0v) is 14.6. The predicted molar refractivity (Wildman–Crippen MR) is 98.5 cm³/mol. The van der Waals surface area contributed by atoms with Crippen LogP contribution in [0.25, 0.3) is 5.69 Å². The maximum Gasteiger partial charge on any atom is 0.259 e. The van der Waals surface area contributed by atoms with E-state index < -0.39 is 0 Å². The fourth-order valence-electron chi connectivity index (χ4n) is 2.52. The maximum absolute atomic E-state index is 12.6. The van der Waals surface area contributed by atoms with E-state index in [9.17, 15) is 4.79 Å². The third-order valence-corrected chi connectivity index (χ3v) is 3.99. The number of anilines is 1. The van der Waals surface area contributed by atoms with Gasteiger partial charge >= 0.3 is 0 Å². The topological polar surface area (TPSA) is 68.3 Å². The number of hydrogen-bond donors (Lipinski definition) is 2. The smallest absolute Gasteiger partial charge is 0.259 e. The number of hydrogen-bond acceptors (Lipinski definition) is 4. The Morgan fingerprint density at radius 3 is 2.64 bits per heavy atom. The number of methoxy groups -OCH3 is 2. The summed E-state index contributed by atoms with van der Waals surface area (Å²) < 4.78 is 12.9. The molecule has 0 saturated carbocycles. The molecule has 3 aromatic rings. The molecule has 0 unspecified atom stereocenters. The number of amides is 1. The van der Waals surface area contributed by atoms with Crippen molar-refractivity contribution in [3.05, 3.63) is 65.2 Å². The molecule has 1 amide bonds. The van der Waals surface area contributed by atoms with Crippen LogP contribution in [0.15, 0.2) is 54.9 Å². The van der Waals surface area contributed by atoms with Gasteiger partial charge in [0.25, 0.3) is 5.91 Å². The Morgan fingerprint density at radius 1 is 1.16 bits per heavy atom. The Bertz CT molecular complexity index is 962. The van der Waals surface area contributed by atoms with Crippen LogP contribution < -0.4 is 14.8 Å². The van der Waals surface area contributed by atoms with Gasteiger partial charge in [0, 0.05) is 23.8 Å². The van der Waals surface area contributed by atoms with Crippen LogP contribution in [0.3, 0.4) is 0 Å². The summed E-state index contributed by atoms with van der Waals surface area (Å²) in [5, 5.41) is 2.87. The fraction of sp³-hybridized carbons (Fsp3) is 0.111. The van der Waals surface area contributed by atoms with Gasteiger partial charge in [-0.15, -0.1) is 0 Å². The SMILES string of the molecule is COc1cccc(C(=O)Nc2cccc(-n3cc[nH]c3=S)c2)c1OC. The molecule has 0 atom stereocenters. The number of nitrogens with one attached hydrogen (secondary N) is 2. The third kappa shape index (κ3) is 3.41. The number of rotatable bonds is 5. The minimum Gasteiger partial charge on any atom is -0.493 e. The highest BCUT2D eigenvalue weighted by molar-refractivity contribution is 7.71. The quantitative estimate of drug-likeness (QED) is 0.683. The highest BCUT2D eigenvalue weighted by atomic mass is 32.1. The van der Waals surface area contributed by atoms with E-state index in [4.69, 9.17) is 21.7 Å². The normalized spacial score (nSPS) is 10.3. The minimum atomic E-state index is -0.287. The maximum atomic E-state index is 12.6. The molecule has 3 rings (SSSR count). The Balaban J connectivity index is 1.90. The van der Waals surface area contributed by atoms with Crippen molar-refractivity contribution in [3.8, 4) is 17.2 Å². The van der Waals surface area contributed by atoms with Gasteiger partial charge < -0.3 is 19.8 Å². The summed E-state index contributed by atoms with van der Waals surface area (Å²) in [5.74, 6) is 0.611. The second-order valence-electron chi connectivity index (χ2n) is 5.18. The second kappa shape index (κ2) is 7.23. The van der Waals surface area contributed by atoms with Crippen molar-refractivity contribution < 1.29 is 14.3 Å². The van der Waals surface area contributed by atoms with Crippen molar-refractivity contribution in [2.24, 2.45) is 0 Å². The molecule has 25 heavy (non-hydrogen) atoms. The van der Waals surface area contributed by atoms with Gasteiger partial charge in [-0.25, -0.2) is 0 Å². The molecule has 0 aliphatic rings. The largest absolute Gasteiger partial charge is 0.493 e. The van der Waals surface area contributed by atoms with Crippen molar-refractivity contribution in [3.63, 3.8) is 0 Å². The van der Waals surface area contributed by atoms with E-state index in [0.29, 0.717) is 27.5 Å². The Labute approximate surface area is 150 Å². The minimum absolute atomic E-state index is 0.287. The molecule has 0 bridgehead atoms. The van der Waals surface area contributed by atoms with E-state index in [0.717, 1.165) is 5.69 Å². The summed E-state index contributed by atoms with van der Waals surface area (Å²) >= 11 is 5.23. The van der Waals surface area contributed by atoms with Gasteiger partial charge in [-0.1, -0.05) is 12.1 Å². The Morgan fingerprint density at radius 2 is 1.96 bits per heavy atom. The fourth-order valence-corrected chi connectivity index (χ4v) is 2.76. The number of H-pyrrole nitrogens is 1. The molecule has 0 saturated heterocycles. The molecule has 2 N–H and O–H groups in total. The molecule has 7 heteroatoms. The number of para-hydroxylation sites is 1. The van der Waals surface area contributed by atoms with Crippen LogP contribution >= 0.6 is 12.2 Å². The average Bonchev–Trinajstić information content (AvgIpc) is 3.07. The molecule has 0 radical (unpaired) electrons. The molecule has 1 aromatic heterocycles. The van der Waals surface area contributed by atoms with Crippen LogP contribution in [0.4, 0.5) is 5.69 Å². The molecular formula is C18H17N3O3S. The third-order valence-electron chi connectivity index (χ3n) is 3.68. The van der Waals surface area contributed by atoms with Gasteiger partial charge in [0.1, 0.15) is 0 Å². The van der Waals surface area contributed by atoms with Gasteiger partial charge in [-0.05, 0) is 42.5 Å². The van der Waals surface area contributed by atoms with Crippen molar-refractivity contribution in [1.82, 2.24) is 9.55 Å². The van der Waals surface area contributed by atoms with Gasteiger partial charge in [0.2, 0.25) is 0 Å². The van der Waals surface area contributed by atoms with Crippen LogP contribution in [0.1, 0.15) is 10.4 Å². The number of imidazole rings is 1. The monoisotopic (exact) mass is 355 g/mol. The van der Waals surface area contributed by atoms with Crippen molar-refractivity contribution in [2.75, 3.05) is 19.5 Å². The van der Waals surface area contributed by atoms with Crippen LogP contribution in [0.2, 0.25) is 0 Å². The van der Waals surface area contributed by atoms with E-state index in [1.54, 1.807) is 24.4 Å². The second-order valence-corrected chi connectivity index (χ2v) is 5.57. The van der Waals surface area contributed by atoms with Crippen LogP contribution in [-0.2, 0) is 0 Å². The van der Waals surface area contributed by atoms with E-state index in [1.807, 2.05) is 35.0 Å². The van der Waals surface area contributed by atoms with Gasteiger partial charge in [0.15, 0.2) is 16.3 Å². The van der Waals surface area contributed by atoms with E-state index in [2.05, 4.69) is 10.3 Å². The number of aromatic nitrogens is 2. The van der Waals surface area contributed by atoms with Gasteiger partial charge in [-0.3, -0.25) is 9.36 Å². The summed E-state index contributed by atoms with van der Waals surface area (Å²) in [6.07, 6.45) is 3.59. The van der Waals surface area contributed by atoms with Crippen LogP contribution in [0, 0.1) is 4.77 Å². The number of benzene rings is 2. The van der Waals surface area contributed by atoms with E-state index in [1.165, 1.54) is 14.2 Å². The molecule has 0 fully saturated rings. The van der Waals surface area contributed by atoms with E-state index in [-0.39, 0.29) is 5.91 Å². The molecular weight excluding hydrogens is 338 g/mol. The molecule has 1 heterocycles. The van der Waals surface area contributed by atoms with E-state index >= 15 is 0 Å². The highest BCUT2D eigenvalue weighted by Gasteiger charge is 2.16. The molecule has 6 nitrogen and oxygen atoms in total. The summed E-state index contributed by atoms with van der Waals surface area (Å²) in [6.45, 7) is 0. The molecule has 128 valence electrons. The lowest BCUT2D eigenvalue weighted by Crippen LogP contribution is -2.13. The van der Waals surface area contributed by atoms with Crippen molar-refractivity contribution in [1.29, 1.82) is 0 Å². The summed E-state index contributed by atoms with van der Waals surface area (Å²) in [6, 6.07) is 12.6. The number of carbonyl (C=O) groups is 1. The first-order chi connectivity index (χ1) is 12.1. The summed E-state index contributed by atoms with van der Waals surface area (Å²) in [5.41, 5.74) is 1.89. The molecule has 0 aliphatic carbocycles. The van der Waals surface area contributed by atoms with Crippen molar-refractivity contribution >= 4 is 23.8 Å². The van der Waals surface area contributed by atoms with Crippen molar-refractivity contribution in [2.45, 2.75) is 0 Å². The summed E-state index contributed by atoms with van der Waals surface area (Å²) in [4.78, 5) is 15.6. The zero-order valence-electron chi connectivity index (χ0n) is 13.8. The van der Waals surface area contributed by atoms with Crippen LogP contribution in [0.5, 0.6) is 11.5 Å². The lowest BCUT2D eigenvalue weighted by Gasteiger charge is -2.13. The number of carbonyl (C=O) groups excluding carboxylic acids is 1. The highest BCUT2D eigenvalue weighted by Crippen LogP contribution is 2.31. The number of aromatic amines is 1. The average molecular weight is 355 g/mol. The van der Waals surface area contributed by atoms with Crippen LogP contribution in [-0.4, -0.2) is 29.7 Å². The number of ether oxygens (including phenoxy) is 2.